The molecular weight excluding hydrogens is 665 g/mol. The van der Waals surface area contributed by atoms with Crippen LogP contribution in [0, 0.1) is 0 Å². The van der Waals surface area contributed by atoms with Crippen molar-refractivity contribution in [3.05, 3.63) is 205 Å². The number of hydrogen-bond acceptors (Lipinski definition) is 1. The lowest BCUT2D eigenvalue weighted by molar-refractivity contribution is 0.666. The molecule has 10 aromatic rings. The molecule has 2 heteroatoms. The molecule has 0 fully saturated rings. The third kappa shape index (κ3) is 4.81. The molecule has 9 aromatic carbocycles. The van der Waals surface area contributed by atoms with Gasteiger partial charge in [-0.3, -0.25) is 0 Å². The Labute approximate surface area is 321 Å². The molecule has 0 atom stereocenters. The molecule has 0 saturated carbocycles. The lowest BCUT2D eigenvalue weighted by atomic mass is 9.80. The number of benzene rings is 9. The highest BCUT2D eigenvalue weighted by molar-refractivity contribution is 6.11. The minimum Gasteiger partial charge on any atom is -0.310 e. The summed E-state index contributed by atoms with van der Waals surface area (Å²) in [5.74, 6) is 0. The summed E-state index contributed by atoms with van der Waals surface area (Å²) in [7, 11) is 0. The van der Waals surface area contributed by atoms with E-state index >= 15 is 0 Å². The minimum absolute atomic E-state index is 0.119. The highest BCUT2D eigenvalue weighted by atomic mass is 15.1. The molecule has 0 unspecified atom stereocenters. The molecule has 11 rings (SSSR count). The molecule has 0 radical (unpaired) electrons. The Balaban J connectivity index is 1.16. The zero-order chi connectivity index (χ0) is 36.7. The van der Waals surface area contributed by atoms with Gasteiger partial charge in [-0.1, -0.05) is 159 Å². The number of para-hydroxylation sites is 1. The molecule has 260 valence electrons. The molecule has 1 aromatic heterocycles. The standard InChI is InChI=1S/C53H38N2/c1-53(2)48-20-10-8-17-42(48)47-32-31-45-46(52(47)53)19-12-22-49(45)54(39-26-23-37(24-27-39)35-13-4-3-5-14-35)41-29-30-44-43-18-9-11-21-50(43)55(51(44)34-41)40-28-25-36-15-6-7-16-38(36)33-40/h3-34H,1-2H3. The van der Waals surface area contributed by atoms with Crippen LogP contribution in [0.5, 0.6) is 0 Å². The summed E-state index contributed by atoms with van der Waals surface area (Å²) in [6.45, 7) is 4.76. The fraction of sp³-hybridized carbons (Fsp3) is 0.0566. The topological polar surface area (TPSA) is 8.17 Å². The third-order valence-corrected chi connectivity index (χ3v) is 11.9. The average molecular weight is 703 g/mol. The normalized spacial score (nSPS) is 13.1. The second-order valence-corrected chi connectivity index (χ2v) is 15.4. The lowest BCUT2D eigenvalue weighted by Crippen LogP contribution is -2.16. The molecule has 2 nitrogen and oxygen atoms in total. The maximum atomic E-state index is 2.46. The maximum Gasteiger partial charge on any atom is 0.0561 e. The fourth-order valence-electron chi connectivity index (χ4n) is 9.38. The van der Waals surface area contributed by atoms with E-state index in [1.54, 1.807) is 0 Å². The molecular formula is C53H38N2. The highest BCUT2D eigenvalue weighted by Gasteiger charge is 2.37. The molecule has 0 saturated heterocycles. The minimum atomic E-state index is -0.119. The molecule has 1 heterocycles. The summed E-state index contributed by atoms with van der Waals surface area (Å²) in [4.78, 5) is 2.46. The van der Waals surface area contributed by atoms with Gasteiger partial charge in [0.05, 0.1) is 16.7 Å². The van der Waals surface area contributed by atoms with E-state index in [0.29, 0.717) is 0 Å². The lowest BCUT2D eigenvalue weighted by Gasteiger charge is -2.29. The average Bonchev–Trinajstić information content (AvgIpc) is 3.69. The van der Waals surface area contributed by atoms with Gasteiger partial charge < -0.3 is 9.47 Å². The van der Waals surface area contributed by atoms with Crippen molar-refractivity contribution in [2.45, 2.75) is 19.3 Å². The van der Waals surface area contributed by atoms with Gasteiger partial charge in [0.1, 0.15) is 0 Å². The summed E-state index contributed by atoms with van der Waals surface area (Å²) in [6.07, 6.45) is 0. The molecule has 0 aliphatic heterocycles. The van der Waals surface area contributed by atoms with Gasteiger partial charge in [0.2, 0.25) is 0 Å². The van der Waals surface area contributed by atoms with Crippen molar-refractivity contribution < 1.29 is 0 Å². The highest BCUT2D eigenvalue weighted by Crippen LogP contribution is 2.53. The van der Waals surface area contributed by atoms with Crippen molar-refractivity contribution in [1.29, 1.82) is 0 Å². The van der Waals surface area contributed by atoms with Gasteiger partial charge in [0, 0.05) is 38.6 Å². The van der Waals surface area contributed by atoms with Crippen LogP contribution < -0.4 is 4.90 Å². The quantitative estimate of drug-likeness (QED) is 0.173. The first-order valence-corrected chi connectivity index (χ1v) is 19.2. The zero-order valence-corrected chi connectivity index (χ0v) is 30.9. The van der Waals surface area contributed by atoms with E-state index in [4.69, 9.17) is 0 Å². The summed E-state index contributed by atoms with van der Waals surface area (Å²) in [5.41, 5.74) is 14.7. The summed E-state index contributed by atoms with van der Waals surface area (Å²) >= 11 is 0. The Morgan fingerprint density at radius 3 is 1.96 bits per heavy atom. The first-order valence-electron chi connectivity index (χ1n) is 19.2. The Morgan fingerprint density at radius 2 is 1.09 bits per heavy atom. The van der Waals surface area contributed by atoms with Crippen molar-refractivity contribution >= 4 is 60.4 Å². The van der Waals surface area contributed by atoms with Gasteiger partial charge >= 0.3 is 0 Å². The number of hydrogen-bond donors (Lipinski definition) is 0. The van der Waals surface area contributed by atoms with Gasteiger partial charge in [-0.05, 0) is 98.1 Å². The van der Waals surface area contributed by atoms with E-state index in [0.717, 1.165) is 22.7 Å². The van der Waals surface area contributed by atoms with Gasteiger partial charge in [-0.2, -0.15) is 0 Å². The van der Waals surface area contributed by atoms with E-state index in [1.165, 1.54) is 76.7 Å². The number of rotatable bonds is 5. The zero-order valence-electron chi connectivity index (χ0n) is 30.9. The van der Waals surface area contributed by atoms with Crippen molar-refractivity contribution in [2.75, 3.05) is 4.90 Å². The van der Waals surface area contributed by atoms with Gasteiger partial charge in [-0.15, -0.1) is 0 Å². The number of anilines is 3. The third-order valence-electron chi connectivity index (χ3n) is 11.9. The van der Waals surface area contributed by atoms with Crippen LogP contribution in [0.3, 0.4) is 0 Å². The Kier molecular flexibility index (Phi) is 6.93. The number of aromatic nitrogens is 1. The number of fused-ring (bicyclic) bond motifs is 9. The smallest absolute Gasteiger partial charge is 0.0561 e. The van der Waals surface area contributed by atoms with Gasteiger partial charge in [0.15, 0.2) is 0 Å². The largest absolute Gasteiger partial charge is 0.310 e. The molecule has 1 aliphatic rings. The van der Waals surface area contributed by atoms with Gasteiger partial charge in [0.25, 0.3) is 0 Å². The second kappa shape index (κ2) is 12.1. The van der Waals surface area contributed by atoms with Crippen molar-refractivity contribution in [3.8, 4) is 27.9 Å². The first kappa shape index (κ1) is 31.6. The van der Waals surface area contributed by atoms with Crippen LogP contribution in [0.25, 0.3) is 71.3 Å². The van der Waals surface area contributed by atoms with Crippen LogP contribution in [0.2, 0.25) is 0 Å². The molecule has 55 heavy (non-hydrogen) atoms. The first-order chi connectivity index (χ1) is 27.0. The Bertz CT molecular complexity index is 3110. The maximum absolute atomic E-state index is 2.46. The Morgan fingerprint density at radius 1 is 0.418 bits per heavy atom. The fourth-order valence-corrected chi connectivity index (χ4v) is 9.38. The Hall–Kier alpha value is -6.90. The van der Waals surface area contributed by atoms with Crippen LogP contribution in [-0.2, 0) is 5.41 Å². The second-order valence-electron chi connectivity index (χ2n) is 15.4. The van der Waals surface area contributed by atoms with Crippen LogP contribution in [0.1, 0.15) is 25.0 Å². The molecule has 0 bridgehead atoms. The van der Waals surface area contributed by atoms with E-state index in [1.807, 2.05) is 0 Å². The van der Waals surface area contributed by atoms with Crippen molar-refractivity contribution in [1.82, 2.24) is 4.57 Å². The predicted octanol–water partition coefficient (Wildman–Crippen LogP) is 14.5. The van der Waals surface area contributed by atoms with Crippen LogP contribution in [0.15, 0.2) is 194 Å². The monoisotopic (exact) mass is 702 g/mol. The summed E-state index contributed by atoms with van der Waals surface area (Å²) < 4.78 is 2.44. The van der Waals surface area contributed by atoms with Crippen LogP contribution in [0.4, 0.5) is 17.1 Å². The van der Waals surface area contributed by atoms with E-state index in [2.05, 4.69) is 217 Å². The molecule has 1 aliphatic carbocycles. The van der Waals surface area contributed by atoms with Crippen LogP contribution >= 0.6 is 0 Å². The predicted molar refractivity (Wildman–Crippen MR) is 233 cm³/mol. The SMILES string of the molecule is CC1(C)c2ccccc2-c2ccc3c(N(c4ccc(-c5ccccc5)cc4)c4ccc5c6ccccc6n(-c6ccc7ccccc7c6)c5c4)cccc3c21. The van der Waals surface area contributed by atoms with Gasteiger partial charge in [-0.25, -0.2) is 0 Å². The van der Waals surface area contributed by atoms with E-state index in [9.17, 15) is 0 Å². The van der Waals surface area contributed by atoms with E-state index < -0.39 is 0 Å². The summed E-state index contributed by atoms with van der Waals surface area (Å²) in [5, 5.41) is 7.50. The van der Waals surface area contributed by atoms with Crippen molar-refractivity contribution in [2.24, 2.45) is 0 Å². The van der Waals surface area contributed by atoms with Crippen LogP contribution in [-0.4, -0.2) is 4.57 Å². The summed E-state index contributed by atoms with van der Waals surface area (Å²) in [6, 6.07) is 71.4. The molecule has 0 spiro atoms. The molecule has 0 N–H and O–H groups in total. The number of nitrogens with zero attached hydrogens (tertiary/aromatic N) is 2. The molecule has 0 amide bonds. The van der Waals surface area contributed by atoms with Crippen molar-refractivity contribution in [3.63, 3.8) is 0 Å². The van der Waals surface area contributed by atoms with E-state index in [-0.39, 0.29) is 5.41 Å².